The first kappa shape index (κ1) is 12.7. The van der Waals surface area contributed by atoms with Gasteiger partial charge in [0.15, 0.2) is 0 Å². The first-order chi connectivity index (χ1) is 7.93. The lowest BCUT2D eigenvalue weighted by Crippen LogP contribution is -2.46. The molecule has 4 heteroatoms. The van der Waals surface area contributed by atoms with Crippen LogP contribution in [0.2, 0.25) is 0 Å². The molecule has 0 aromatic rings. The van der Waals surface area contributed by atoms with E-state index in [2.05, 4.69) is 6.92 Å². The minimum Gasteiger partial charge on any atom is -0.441 e. The van der Waals surface area contributed by atoms with Gasteiger partial charge in [-0.3, -0.25) is 0 Å². The Bertz CT molecular complexity index is 303. The van der Waals surface area contributed by atoms with Gasteiger partial charge >= 0.3 is 6.09 Å². The molecule has 4 nitrogen and oxygen atoms in total. The van der Waals surface area contributed by atoms with Crippen LogP contribution in [-0.2, 0) is 4.74 Å². The molecule has 2 rings (SSSR count). The third-order valence-corrected chi connectivity index (χ3v) is 4.00. The highest BCUT2D eigenvalue weighted by Crippen LogP contribution is 2.35. The molecule has 0 spiro atoms. The first-order valence-electron chi connectivity index (χ1n) is 6.60. The van der Waals surface area contributed by atoms with Crippen LogP contribution < -0.4 is 0 Å². The smallest absolute Gasteiger partial charge is 0.410 e. The monoisotopic (exact) mass is 241 g/mol. The molecule has 1 N–H and O–H groups in total. The van der Waals surface area contributed by atoms with Crippen molar-refractivity contribution < 1.29 is 14.6 Å². The summed E-state index contributed by atoms with van der Waals surface area (Å²) >= 11 is 0. The summed E-state index contributed by atoms with van der Waals surface area (Å²) in [5.74, 6) is 0.500. The van der Waals surface area contributed by atoms with E-state index in [0.717, 1.165) is 19.3 Å². The zero-order chi connectivity index (χ0) is 12.6. The Balaban J connectivity index is 2.11. The van der Waals surface area contributed by atoms with Gasteiger partial charge in [-0.15, -0.1) is 0 Å². The number of aliphatic hydroxyl groups excluding tert-OH is 1. The second-order valence-corrected chi connectivity index (χ2v) is 5.96. The summed E-state index contributed by atoms with van der Waals surface area (Å²) in [6.07, 6.45) is 3.14. The van der Waals surface area contributed by atoms with E-state index in [-0.39, 0.29) is 18.2 Å². The highest BCUT2D eigenvalue weighted by molar-refractivity contribution is 5.71. The van der Waals surface area contributed by atoms with E-state index in [1.165, 1.54) is 0 Å². The molecule has 1 aliphatic heterocycles. The number of amides is 1. The zero-order valence-corrected chi connectivity index (χ0v) is 11.0. The van der Waals surface area contributed by atoms with Crippen molar-refractivity contribution in [2.75, 3.05) is 6.54 Å². The van der Waals surface area contributed by atoms with Crippen LogP contribution in [-0.4, -0.2) is 40.4 Å². The molecule has 3 atom stereocenters. The van der Waals surface area contributed by atoms with E-state index in [0.29, 0.717) is 18.9 Å². The van der Waals surface area contributed by atoms with Crippen LogP contribution in [0.1, 0.15) is 46.5 Å². The zero-order valence-electron chi connectivity index (χ0n) is 11.0. The lowest BCUT2D eigenvalue weighted by molar-refractivity contribution is 0.0441. The van der Waals surface area contributed by atoms with Gasteiger partial charge < -0.3 is 14.7 Å². The molecule has 2 fully saturated rings. The van der Waals surface area contributed by atoms with Crippen molar-refractivity contribution >= 4 is 6.09 Å². The SMILES string of the molecule is CCC1CCC(O)CC1N1CC(C)(C)OC1=O. The Morgan fingerprint density at radius 1 is 1.47 bits per heavy atom. The maximum atomic E-state index is 11.9. The molecule has 1 saturated carbocycles. The lowest BCUT2D eigenvalue weighted by atomic mass is 9.80. The van der Waals surface area contributed by atoms with Crippen LogP contribution in [0.25, 0.3) is 0 Å². The van der Waals surface area contributed by atoms with E-state index in [9.17, 15) is 9.90 Å². The molecule has 2 aliphatic rings. The number of nitrogens with zero attached hydrogens (tertiary/aromatic N) is 1. The topological polar surface area (TPSA) is 49.8 Å². The number of hydrogen-bond acceptors (Lipinski definition) is 3. The van der Waals surface area contributed by atoms with Crippen LogP contribution >= 0.6 is 0 Å². The van der Waals surface area contributed by atoms with Gasteiger partial charge in [-0.25, -0.2) is 4.79 Å². The predicted molar refractivity (Wildman–Crippen MR) is 64.7 cm³/mol. The Morgan fingerprint density at radius 2 is 2.18 bits per heavy atom. The summed E-state index contributed by atoms with van der Waals surface area (Å²) in [5, 5.41) is 9.79. The van der Waals surface area contributed by atoms with Gasteiger partial charge in [-0.2, -0.15) is 0 Å². The minimum atomic E-state index is -0.391. The van der Waals surface area contributed by atoms with Gasteiger partial charge in [0.1, 0.15) is 5.60 Å². The van der Waals surface area contributed by atoms with Crippen LogP contribution in [0.15, 0.2) is 0 Å². The maximum absolute atomic E-state index is 11.9. The van der Waals surface area contributed by atoms with E-state index in [1.807, 2.05) is 18.7 Å². The van der Waals surface area contributed by atoms with E-state index in [4.69, 9.17) is 4.74 Å². The van der Waals surface area contributed by atoms with Gasteiger partial charge in [0.2, 0.25) is 0 Å². The molecule has 98 valence electrons. The molecular formula is C13H23NO3. The first-order valence-corrected chi connectivity index (χ1v) is 6.60. The Hall–Kier alpha value is -0.770. The van der Waals surface area contributed by atoms with Crippen molar-refractivity contribution in [3.05, 3.63) is 0 Å². The predicted octanol–water partition coefficient (Wildman–Crippen LogP) is 2.16. The van der Waals surface area contributed by atoms with E-state index < -0.39 is 5.60 Å². The summed E-state index contributed by atoms with van der Waals surface area (Å²) in [7, 11) is 0. The molecule has 0 radical (unpaired) electrons. The number of carbonyl (C=O) groups is 1. The van der Waals surface area contributed by atoms with Gasteiger partial charge in [-0.1, -0.05) is 13.3 Å². The van der Waals surface area contributed by atoms with Crippen molar-refractivity contribution in [2.45, 2.75) is 64.2 Å². The number of carbonyl (C=O) groups excluding carboxylic acids is 1. The Labute approximate surface area is 103 Å². The fourth-order valence-electron chi connectivity index (χ4n) is 3.10. The molecule has 1 aliphatic carbocycles. The minimum absolute atomic E-state index is 0.151. The molecule has 0 bridgehead atoms. The van der Waals surface area contributed by atoms with Crippen LogP contribution in [0.4, 0.5) is 4.79 Å². The maximum Gasteiger partial charge on any atom is 0.410 e. The van der Waals surface area contributed by atoms with Crippen LogP contribution in [0.3, 0.4) is 0 Å². The molecule has 3 unspecified atom stereocenters. The quantitative estimate of drug-likeness (QED) is 0.806. The average molecular weight is 241 g/mol. The fourth-order valence-corrected chi connectivity index (χ4v) is 3.10. The lowest BCUT2D eigenvalue weighted by Gasteiger charge is -2.38. The molecule has 0 aromatic heterocycles. The number of rotatable bonds is 2. The third kappa shape index (κ3) is 2.57. The molecule has 0 aromatic carbocycles. The van der Waals surface area contributed by atoms with E-state index >= 15 is 0 Å². The van der Waals surface area contributed by atoms with Crippen LogP contribution in [0, 0.1) is 5.92 Å². The number of aliphatic hydroxyl groups is 1. The molecular weight excluding hydrogens is 218 g/mol. The summed E-state index contributed by atoms with van der Waals surface area (Å²) < 4.78 is 5.35. The second-order valence-electron chi connectivity index (χ2n) is 5.96. The molecule has 1 heterocycles. The third-order valence-electron chi connectivity index (χ3n) is 4.00. The van der Waals surface area contributed by atoms with Crippen molar-refractivity contribution in [3.63, 3.8) is 0 Å². The second kappa shape index (κ2) is 4.48. The molecule has 1 amide bonds. The molecule has 17 heavy (non-hydrogen) atoms. The van der Waals surface area contributed by atoms with Gasteiger partial charge in [0.05, 0.1) is 12.6 Å². The Morgan fingerprint density at radius 3 is 2.71 bits per heavy atom. The van der Waals surface area contributed by atoms with Crippen molar-refractivity contribution in [1.82, 2.24) is 4.90 Å². The van der Waals surface area contributed by atoms with Crippen molar-refractivity contribution in [1.29, 1.82) is 0 Å². The standard InChI is InChI=1S/C13H23NO3/c1-4-9-5-6-10(15)7-11(9)14-8-13(2,3)17-12(14)16/h9-11,15H,4-8H2,1-3H3. The number of hydrogen-bond donors (Lipinski definition) is 1. The number of cyclic esters (lactones) is 1. The van der Waals surface area contributed by atoms with Gasteiger partial charge in [-0.05, 0) is 39.0 Å². The number of ether oxygens (including phenoxy) is 1. The summed E-state index contributed by atoms with van der Waals surface area (Å²) in [5.41, 5.74) is -0.391. The van der Waals surface area contributed by atoms with E-state index in [1.54, 1.807) is 0 Å². The largest absolute Gasteiger partial charge is 0.441 e. The fraction of sp³-hybridized carbons (Fsp3) is 0.923. The highest BCUT2D eigenvalue weighted by Gasteiger charge is 2.44. The summed E-state index contributed by atoms with van der Waals surface area (Å²) in [4.78, 5) is 13.7. The highest BCUT2D eigenvalue weighted by atomic mass is 16.6. The molecule has 1 saturated heterocycles. The van der Waals surface area contributed by atoms with Crippen LogP contribution in [0.5, 0.6) is 0 Å². The normalized spacial score (nSPS) is 37.1. The van der Waals surface area contributed by atoms with Gasteiger partial charge in [0, 0.05) is 6.04 Å². The average Bonchev–Trinajstić information content (AvgIpc) is 2.52. The Kier molecular flexibility index (Phi) is 3.34. The van der Waals surface area contributed by atoms with Crippen molar-refractivity contribution in [3.8, 4) is 0 Å². The summed E-state index contributed by atoms with van der Waals surface area (Å²) in [6.45, 7) is 6.66. The summed E-state index contributed by atoms with van der Waals surface area (Å²) in [6, 6.07) is 0.151. The van der Waals surface area contributed by atoms with Gasteiger partial charge in [0.25, 0.3) is 0 Å². The van der Waals surface area contributed by atoms with Crippen molar-refractivity contribution in [2.24, 2.45) is 5.92 Å².